The molecule has 1 atom stereocenters. The quantitative estimate of drug-likeness (QED) is 0.276. The molecule has 1 amide bonds. The third-order valence-corrected chi connectivity index (χ3v) is 5.93. The number of aliphatic hydroxyl groups is 1. The van der Waals surface area contributed by atoms with Gasteiger partial charge >= 0.3 is 0 Å². The predicted octanol–water partition coefficient (Wildman–Crippen LogP) is 6.08. The molecule has 0 saturated carbocycles. The number of aliphatic hydroxyl groups excluding tert-OH is 1. The maximum absolute atomic E-state index is 14.9. The SMILES string of the molecule is COc1c(Cl)cc(C)cc1/C(O)=C1\C(=O)C(=O)N(c2ccc(Cl)cc2)C1c1ccccc1F. The Balaban J connectivity index is 2.03. The zero-order chi connectivity index (χ0) is 23.9. The highest BCUT2D eigenvalue weighted by molar-refractivity contribution is 6.51. The number of carbonyl (C=O) groups excluding carboxylic acids is 2. The van der Waals surface area contributed by atoms with Gasteiger partial charge in [0.15, 0.2) is 0 Å². The number of halogens is 3. The van der Waals surface area contributed by atoms with Crippen LogP contribution >= 0.6 is 23.2 Å². The Labute approximate surface area is 199 Å². The summed E-state index contributed by atoms with van der Waals surface area (Å²) in [7, 11) is 1.37. The number of benzene rings is 3. The summed E-state index contributed by atoms with van der Waals surface area (Å²) in [6, 6.07) is 14.0. The lowest BCUT2D eigenvalue weighted by molar-refractivity contribution is -0.132. The lowest BCUT2D eigenvalue weighted by Gasteiger charge is -2.26. The van der Waals surface area contributed by atoms with Crippen molar-refractivity contribution >= 4 is 46.3 Å². The van der Waals surface area contributed by atoms with Crippen LogP contribution in [0.1, 0.15) is 22.7 Å². The van der Waals surface area contributed by atoms with Gasteiger partial charge in [0.05, 0.1) is 29.3 Å². The molecule has 168 valence electrons. The summed E-state index contributed by atoms with van der Waals surface area (Å²) >= 11 is 12.3. The van der Waals surface area contributed by atoms with Crippen LogP contribution in [0.2, 0.25) is 10.0 Å². The van der Waals surface area contributed by atoms with Crippen LogP contribution in [0.4, 0.5) is 10.1 Å². The second kappa shape index (κ2) is 8.89. The molecule has 0 aliphatic carbocycles. The van der Waals surface area contributed by atoms with Gasteiger partial charge in [-0.05, 0) is 55.0 Å². The second-order valence-corrected chi connectivity index (χ2v) is 8.34. The fourth-order valence-electron chi connectivity index (χ4n) is 3.95. The molecule has 0 spiro atoms. The molecule has 33 heavy (non-hydrogen) atoms. The first-order valence-corrected chi connectivity index (χ1v) is 10.7. The molecule has 0 aromatic heterocycles. The van der Waals surface area contributed by atoms with E-state index >= 15 is 0 Å². The molecule has 3 aromatic rings. The number of hydrogen-bond acceptors (Lipinski definition) is 4. The van der Waals surface area contributed by atoms with Crippen LogP contribution in [0, 0.1) is 12.7 Å². The van der Waals surface area contributed by atoms with E-state index < -0.39 is 29.3 Å². The van der Waals surface area contributed by atoms with Gasteiger partial charge in [-0.25, -0.2) is 4.39 Å². The van der Waals surface area contributed by atoms with Gasteiger partial charge in [0, 0.05) is 16.3 Å². The van der Waals surface area contributed by atoms with E-state index in [2.05, 4.69) is 0 Å². The Morgan fingerprint density at radius 1 is 1.06 bits per heavy atom. The number of aryl methyl sites for hydroxylation is 1. The summed E-state index contributed by atoms with van der Waals surface area (Å²) in [6.07, 6.45) is 0. The predicted molar refractivity (Wildman–Crippen MR) is 125 cm³/mol. The summed E-state index contributed by atoms with van der Waals surface area (Å²) in [5, 5.41) is 11.9. The number of anilines is 1. The van der Waals surface area contributed by atoms with Gasteiger partial charge in [-0.15, -0.1) is 0 Å². The molecule has 1 aliphatic rings. The normalized spacial score (nSPS) is 17.5. The first kappa shape index (κ1) is 22.8. The van der Waals surface area contributed by atoms with Crippen molar-refractivity contribution in [2.45, 2.75) is 13.0 Å². The summed E-state index contributed by atoms with van der Waals surface area (Å²) in [6.45, 7) is 1.75. The number of rotatable bonds is 4. The van der Waals surface area contributed by atoms with Crippen molar-refractivity contribution in [1.82, 2.24) is 0 Å². The number of hydrogen-bond donors (Lipinski definition) is 1. The number of ketones is 1. The van der Waals surface area contributed by atoms with Crippen LogP contribution in [0.3, 0.4) is 0 Å². The van der Waals surface area contributed by atoms with Crippen LogP contribution in [0.25, 0.3) is 5.76 Å². The standard InChI is InChI=1S/C25H18Cl2FNO4/c1-13-11-17(24(33-2)18(27)12-13)22(30)20-21(16-5-3-4-6-19(16)28)29(25(32)23(20)31)15-9-7-14(26)8-10-15/h3-12,21,30H,1-2H3/b22-20+. The molecule has 1 aliphatic heterocycles. The van der Waals surface area contributed by atoms with Crippen molar-refractivity contribution in [1.29, 1.82) is 0 Å². The van der Waals surface area contributed by atoms with Crippen molar-refractivity contribution in [3.63, 3.8) is 0 Å². The molecular weight excluding hydrogens is 468 g/mol. The monoisotopic (exact) mass is 485 g/mol. The fraction of sp³-hybridized carbons (Fsp3) is 0.120. The highest BCUT2D eigenvalue weighted by atomic mass is 35.5. The van der Waals surface area contributed by atoms with E-state index in [-0.39, 0.29) is 27.5 Å². The van der Waals surface area contributed by atoms with Crippen LogP contribution < -0.4 is 9.64 Å². The molecule has 0 radical (unpaired) electrons. The van der Waals surface area contributed by atoms with Gasteiger partial charge in [-0.3, -0.25) is 14.5 Å². The van der Waals surface area contributed by atoms with Crippen molar-refractivity contribution in [3.05, 3.63) is 98.8 Å². The van der Waals surface area contributed by atoms with Crippen LogP contribution in [0.15, 0.2) is 66.2 Å². The minimum absolute atomic E-state index is 0.0471. The smallest absolute Gasteiger partial charge is 0.300 e. The molecule has 1 unspecified atom stereocenters. The Bertz CT molecular complexity index is 1300. The number of methoxy groups -OCH3 is 1. The Morgan fingerprint density at radius 3 is 2.36 bits per heavy atom. The number of Topliss-reactive ketones (excluding diaryl/α,β-unsaturated/α-hetero) is 1. The van der Waals surface area contributed by atoms with E-state index in [0.29, 0.717) is 16.3 Å². The highest BCUT2D eigenvalue weighted by Crippen LogP contribution is 2.45. The molecule has 1 saturated heterocycles. The van der Waals surface area contributed by atoms with Crippen molar-refractivity contribution < 1.29 is 23.8 Å². The van der Waals surface area contributed by atoms with Crippen molar-refractivity contribution in [2.24, 2.45) is 0 Å². The number of ether oxygens (including phenoxy) is 1. The zero-order valence-electron chi connectivity index (χ0n) is 17.6. The third kappa shape index (κ3) is 3.96. The summed E-state index contributed by atoms with van der Waals surface area (Å²) in [4.78, 5) is 27.5. The van der Waals surface area contributed by atoms with Gasteiger partial charge in [0.25, 0.3) is 11.7 Å². The van der Waals surface area contributed by atoms with Gasteiger partial charge in [-0.2, -0.15) is 0 Å². The first-order valence-electron chi connectivity index (χ1n) is 9.90. The largest absolute Gasteiger partial charge is 0.507 e. The number of carbonyl (C=O) groups is 2. The molecular formula is C25H18Cl2FNO4. The lowest BCUT2D eigenvalue weighted by atomic mass is 9.94. The van der Waals surface area contributed by atoms with E-state index in [4.69, 9.17) is 27.9 Å². The third-order valence-electron chi connectivity index (χ3n) is 5.40. The van der Waals surface area contributed by atoms with Gasteiger partial charge in [-0.1, -0.05) is 41.4 Å². The molecule has 5 nitrogen and oxygen atoms in total. The molecule has 8 heteroatoms. The first-order chi connectivity index (χ1) is 15.7. The summed E-state index contributed by atoms with van der Waals surface area (Å²) in [5.74, 6) is -2.89. The van der Waals surface area contributed by atoms with Gasteiger partial charge in [0.1, 0.15) is 17.3 Å². The maximum Gasteiger partial charge on any atom is 0.300 e. The van der Waals surface area contributed by atoms with E-state index in [9.17, 15) is 19.1 Å². The molecule has 0 bridgehead atoms. The zero-order valence-corrected chi connectivity index (χ0v) is 19.1. The molecule has 1 heterocycles. The van der Waals surface area contributed by atoms with E-state index in [0.717, 1.165) is 4.90 Å². The Kier molecular flexibility index (Phi) is 6.15. The van der Waals surface area contributed by atoms with E-state index in [1.54, 1.807) is 49.4 Å². The minimum atomic E-state index is -1.23. The number of nitrogens with zero attached hydrogens (tertiary/aromatic N) is 1. The number of amides is 1. The van der Waals surface area contributed by atoms with Gasteiger partial charge < -0.3 is 9.84 Å². The lowest BCUT2D eigenvalue weighted by Crippen LogP contribution is -2.29. The van der Waals surface area contributed by atoms with Crippen LogP contribution in [-0.4, -0.2) is 23.9 Å². The molecule has 4 rings (SSSR count). The Morgan fingerprint density at radius 2 is 1.73 bits per heavy atom. The molecule has 3 aromatic carbocycles. The fourth-order valence-corrected chi connectivity index (χ4v) is 4.43. The average Bonchev–Trinajstić information content (AvgIpc) is 3.04. The minimum Gasteiger partial charge on any atom is -0.507 e. The molecule has 1 N–H and O–H groups in total. The van der Waals surface area contributed by atoms with Gasteiger partial charge in [0.2, 0.25) is 0 Å². The average molecular weight is 486 g/mol. The van der Waals surface area contributed by atoms with E-state index in [1.807, 2.05) is 0 Å². The Hall–Kier alpha value is -3.35. The van der Waals surface area contributed by atoms with Crippen molar-refractivity contribution in [3.8, 4) is 5.75 Å². The topological polar surface area (TPSA) is 66.8 Å². The second-order valence-electron chi connectivity index (χ2n) is 7.49. The summed E-state index contributed by atoms with van der Waals surface area (Å²) < 4.78 is 20.3. The van der Waals surface area contributed by atoms with E-state index in [1.165, 1.54) is 25.3 Å². The maximum atomic E-state index is 14.9. The van der Waals surface area contributed by atoms with Crippen LogP contribution in [0.5, 0.6) is 5.75 Å². The summed E-state index contributed by atoms with van der Waals surface area (Å²) in [5.41, 5.74) is 0.906. The van der Waals surface area contributed by atoms with Crippen molar-refractivity contribution in [2.75, 3.05) is 12.0 Å². The molecule has 1 fully saturated rings. The van der Waals surface area contributed by atoms with Crippen LogP contribution in [-0.2, 0) is 9.59 Å². The highest BCUT2D eigenvalue weighted by Gasteiger charge is 2.48.